The van der Waals surface area contributed by atoms with Crippen LogP contribution >= 0.6 is 15.2 Å². The molecule has 8 unspecified atom stereocenters. The zero-order valence-electron chi connectivity index (χ0n) is 86.3. The third kappa shape index (κ3) is 117. The topological polar surface area (TPSA) is 846 Å². The van der Waals surface area contributed by atoms with E-state index in [0.29, 0.717) is 6.42 Å². The minimum absolute atomic E-state index is 0.0417. The lowest BCUT2D eigenvalue weighted by Crippen LogP contribution is -2.45. The van der Waals surface area contributed by atoms with Gasteiger partial charge in [0.1, 0.15) is 76.4 Å². The lowest BCUT2D eigenvalue weighted by atomic mass is 10.0. The van der Waals surface area contributed by atoms with E-state index in [9.17, 15) is 83.5 Å². The molecule has 0 aromatic rings. The molecule has 29 N–H and O–H groups in total. The highest BCUT2D eigenvalue weighted by Crippen LogP contribution is 2.40. The van der Waals surface area contributed by atoms with Crippen LogP contribution in [0, 0.1) is 11.8 Å². The molecule has 0 saturated heterocycles. The van der Waals surface area contributed by atoms with E-state index in [1.807, 2.05) is 48.6 Å². The highest BCUT2D eigenvalue weighted by molar-refractivity contribution is 7.85. The summed E-state index contributed by atoms with van der Waals surface area (Å²) in [7, 11) is 26.5. The predicted octanol–water partition coefficient (Wildman–Crippen LogP) is -3.43. The maximum Gasteiger partial charge on any atom is 0.339 e. The molecule has 0 amide bonds. The van der Waals surface area contributed by atoms with Crippen LogP contribution in [-0.4, -0.2) is 519 Å². The number of aliphatic hydroxyl groups excluding tert-OH is 2. The molecule has 0 aliphatic heterocycles. The summed E-state index contributed by atoms with van der Waals surface area (Å²) in [5, 5.41) is 141. The summed E-state index contributed by atoms with van der Waals surface area (Å²) in [5.41, 5.74) is -2.58. The van der Waals surface area contributed by atoms with E-state index in [4.69, 9.17) is 100 Å². The van der Waals surface area contributed by atoms with Gasteiger partial charge in [-0.05, 0) is 276 Å². The van der Waals surface area contributed by atoms with E-state index in [-0.39, 0.29) is 86.1 Å². The SMILES string of the molecule is CC(C(=O)O)N(C)C.CC(C)C(C(=O)O)N(C)C.CCC(NC)C(=O)O.CN(C)C(C)(C)C(=O)O.CN(C)C(CO)C(=O)O.CN(C)C1(C(=O)O)CC1.CN(C)CC(=O)O.CN(C)CP(=O)(O)O.CN(C)CS(=O)(=O)O.CNC(C(=O)O)C(C)C.CNC(C)(C)C(=O)O.CNC(C)C(=O)O.CNC(C)C(C)O.CNC1(C(=O)O)CC1.CNCC(=O)O.CNCP(=O)(O)O.CNCS(=O)(=O)O. The monoisotopic (exact) mass is 2060 g/mol. The zero-order valence-corrected chi connectivity index (χ0v) is 89.8. The van der Waals surface area contributed by atoms with Crippen molar-refractivity contribution in [2.45, 2.75) is 193 Å². The molecule has 2 saturated carbocycles. The van der Waals surface area contributed by atoms with Crippen molar-refractivity contribution in [2.75, 3.05) is 220 Å². The Balaban J connectivity index is -0.0000000873. The largest absolute Gasteiger partial charge is 0.480 e. The van der Waals surface area contributed by atoms with Gasteiger partial charge in [0, 0.05) is 6.04 Å². The second-order valence-electron chi connectivity index (χ2n) is 32.4. The summed E-state index contributed by atoms with van der Waals surface area (Å²) in [6.45, 7) is 22.6. The van der Waals surface area contributed by atoms with Crippen molar-refractivity contribution in [2.24, 2.45) is 11.8 Å². The molecule has 0 aromatic heterocycles. The van der Waals surface area contributed by atoms with Crippen LogP contribution in [0.3, 0.4) is 0 Å². The molecule has 55 nitrogen and oxygen atoms in total. The fraction of sp³-hybridized carbons (Fsp3) is 0.842. The smallest absolute Gasteiger partial charge is 0.339 e. The highest BCUT2D eigenvalue weighted by Gasteiger charge is 2.52. The Morgan fingerprint density at radius 1 is 0.459 bits per heavy atom. The normalized spacial score (nSPS) is 14.0. The number of rotatable bonds is 38. The number of hydrogen-bond donors (Lipinski definition) is 29. The van der Waals surface area contributed by atoms with Gasteiger partial charge in [0.05, 0.1) is 32.1 Å². The molecule has 0 spiro atoms. The third-order valence-corrected chi connectivity index (χ3v) is 19.9. The molecule has 0 heterocycles. The summed E-state index contributed by atoms with van der Waals surface area (Å²) >= 11 is 0. The second-order valence-corrected chi connectivity index (χ2v) is 38.5. The molecule has 0 bridgehead atoms. The lowest BCUT2D eigenvalue weighted by molar-refractivity contribution is -0.148. The third-order valence-electron chi connectivity index (χ3n) is 16.7. The first-order chi connectivity index (χ1) is 60.3. The molecule has 816 valence electrons. The van der Waals surface area contributed by atoms with Crippen LogP contribution in [-0.2, 0) is 86.9 Å². The van der Waals surface area contributed by atoms with Crippen LogP contribution in [0.1, 0.15) is 122 Å². The summed E-state index contributed by atoms with van der Waals surface area (Å²) in [6.07, 6.45) is 3.12. The van der Waals surface area contributed by atoms with Gasteiger partial charge in [-0.2, -0.15) is 16.8 Å². The minimum atomic E-state index is -3.80. The Morgan fingerprint density at radius 3 is 0.881 bits per heavy atom. The first kappa shape index (κ1) is 162. The van der Waals surface area contributed by atoms with Crippen molar-refractivity contribution >= 4 is 107 Å². The van der Waals surface area contributed by atoms with Crippen molar-refractivity contribution in [3.8, 4) is 0 Å². The summed E-state index contributed by atoms with van der Waals surface area (Å²) in [6, 6.07) is -2.53. The van der Waals surface area contributed by atoms with Gasteiger partial charge < -0.3 is 139 Å². The van der Waals surface area contributed by atoms with Gasteiger partial charge in [-0.3, -0.25) is 115 Å². The predicted molar refractivity (Wildman–Crippen MR) is 513 cm³/mol. The number of carboxylic acids is 12. The molecule has 2 aliphatic carbocycles. The van der Waals surface area contributed by atoms with Gasteiger partial charge in [-0.15, -0.1) is 0 Å². The molecule has 2 rings (SSSR count). The molecule has 2 fully saturated rings. The fourth-order valence-electron chi connectivity index (χ4n) is 6.86. The van der Waals surface area contributed by atoms with Crippen LogP contribution in [0.15, 0.2) is 0 Å². The number of carboxylic acid groups (broad SMARTS) is 12. The molecule has 2 aliphatic rings. The highest BCUT2D eigenvalue weighted by atomic mass is 32.2. The van der Waals surface area contributed by atoms with Crippen molar-refractivity contribution < 1.29 is 184 Å². The number of aliphatic carboxylic acids is 12. The maximum atomic E-state index is 10.5. The average Bonchev–Trinajstić information content (AvgIpc) is 1.85. The Bertz CT molecular complexity index is 3400. The number of likely N-dealkylation sites (N-methyl/N-ethyl adjacent to an activating group) is 13. The van der Waals surface area contributed by atoms with Crippen molar-refractivity contribution in [3.63, 3.8) is 0 Å². The minimum Gasteiger partial charge on any atom is -0.480 e. The molecular weight excluding hydrogens is 1880 g/mol. The molecule has 135 heavy (non-hydrogen) atoms. The van der Waals surface area contributed by atoms with E-state index in [1.165, 1.54) is 28.8 Å². The molecule has 59 heteroatoms. The quantitative estimate of drug-likeness (QED) is 0.0211. The number of hydrogen-bond acceptors (Lipinski definition) is 37. The first-order valence-corrected chi connectivity index (χ1v) is 47.5. The van der Waals surface area contributed by atoms with Crippen molar-refractivity contribution in [1.29, 1.82) is 0 Å². The Labute approximate surface area is 799 Å². The van der Waals surface area contributed by atoms with Crippen LogP contribution in [0.2, 0.25) is 0 Å². The van der Waals surface area contributed by atoms with E-state index < -0.39 is 147 Å². The summed E-state index contributed by atoms with van der Waals surface area (Å²) in [5.74, 6) is -9.95. The van der Waals surface area contributed by atoms with Gasteiger partial charge in [0.2, 0.25) is 0 Å². The van der Waals surface area contributed by atoms with Crippen LogP contribution < -0.4 is 47.9 Å². The van der Waals surface area contributed by atoms with Gasteiger partial charge >= 0.3 is 86.8 Å². The summed E-state index contributed by atoms with van der Waals surface area (Å²) in [4.78, 5) is 167. The molecular formula is C76H177N17O38P2S2. The Hall–Kier alpha value is -7.00. The Morgan fingerprint density at radius 2 is 0.881 bits per heavy atom. The van der Waals surface area contributed by atoms with Gasteiger partial charge in [0.25, 0.3) is 20.2 Å². The fourth-order valence-corrected chi connectivity index (χ4v) is 9.03. The molecule has 0 aromatic carbocycles. The average molecular weight is 2060 g/mol. The van der Waals surface area contributed by atoms with Crippen LogP contribution in [0.4, 0.5) is 0 Å². The van der Waals surface area contributed by atoms with E-state index >= 15 is 0 Å². The van der Waals surface area contributed by atoms with E-state index in [2.05, 4.69) is 47.9 Å². The summed E-state index contributed by atoms with van der Waals surface area (Å²) < 4.78 is 75.4. The van der Waals surface area contributed by atoms with Crippen molar-refractivity contribution in [1.82, 2.24) is 87.1 Å². The number of nitrogens with zero attached hydrogens (tertiary/aromatic N) is 8. The second kappa shape index (κ2) is 87.3. The molecule has 0 radical (unpaired) electrons. The number of nitrogens with one attached hydrogen (secondary N) is 9. The van der Waals surface area contributed by atoms with Crippen molar-refractivity contribution in [3.05, 3.63) is 0 Å². The van der Waals surface area contributed by atoms with Gasteiger partial charge in [-0.1, -0.05) is 34.6 Å². The van der Waals surface area contributed by atoms with Gasteiger partial charge in [0.15, 0.2) is 0 Å². The number of carbonyl (C=O) groups is 12. The standard InChI is InChI=1S/C7H15NO2.C6H11NO2.2C6H13NO2.C5H11NO3.C5H9NO2.3C5H11NO2.C5H13NO.2C4H9NO2.C3H10NO3P.C3H9NO3S.C3H7NO2.C2H8NO3P.C2H7NO3S/c1-5(2)6(7(9)10)8(3)4;1-7(2)6(3-4-6)5(8)9;1-6(2,5(8)9)7(3)4;1-4(2)5(7-3)6(8)9;1-6(2)4(3-7)5(8)9;1-6-5(2-3-5)4(7)8;1-5(2,6-3)4(7)8;1-4(5(7)8)6(2)3;1-3-4(6-2)5(7)8;1-4(6-3)5(2)7;1-5(2)3-4(6)7;1-3(5-2)4(6)7;2*1-4(2)3-8(5,6)7;1-4-2-3(5)6;2*1-3-2-7(4,5)6/h5-6H,1-4H3,(H,9,10);3-4H2,1-2H3,(H,8,9);1-4H3,(H,8,9);4-5,7H,1-3H3,(H,8,9);4,7H,3H2,1-2H3,(H,8,9);6H,2-3H2,1H3,(H,7,8);6H,1-3H3,(H,7,8);4H,1-3H3,(H,7,8);4,6H,3H2,1-2H3,(H,7,8);4-7H,1-3H3;3H2,1-2H3,(H,6,7);3,5H,1-2H3,(H,6,7);3H2,1-2H3,(H2,5,6,7);3H2,1-2H3,(H,5,6,7);4H,2H2,1H3,(H,5,6);3H,2H2,1H3,(H2,4,5,6);3H,2H2,1H3,(H,4,5,6). The van der Waals surface area contributed by atoms with Crippen LogP contribution in [0.25, 0.3) is 0 Å². The van der Waals surface area contributed by atoms with E-state index in [0.717, 1.165) is 25.7 Å². The van der Waals surface area contributed by atoms with Gasteiger partial charge in [-0.25, -0.2) is 0 Å². The zero-order chi connectivity index (χ0) is 112. The maximum absolute atomic E-state index is 10.5. The van der Waals surface area contributed by atoms with E-state index in [1.54, 1.807) is 228 Å². The molecule has 8 atom stereocenters. The number of aliphatic hydroxyl groups is 2. The Kier molecular flexibility index (Phi) is 105. The lowest BCUT2D eigenvalue weighted by Gasteiger charge is -2.27. The van der Waals surface area contributed by atoms with Crippen LogP contribution in [0.5, 0.6) is 0 Å². The first-order valence-electron chi connectivity index (χ1n) is 40.7.